The van der Waals surface area contributed by atoms with Crippen LogP contribution in [0.15, 0.2) is 43.0 Å². The lowest BCUT2D eigenvalue weighted by atomic mass is 10.1. The molecular weight excluding hydrogens is 340 g/mol. The van der Waals surface area contributed by atoms with E-state index in [9.17, 15) is 4.79 Å². The van der Waals surface area contributed by atoms with Crippen LogP contribution in [0.3, 0.4) is 0 Å². The fourth-order valence-electron chi connectivity index (χ4n) is 3.49. The van der Waals surface area contributed by atoms with E-state index in [4.69, 9.17) is 4.98 Å². The van der Waals surface area contributed by atoms with E-state index in [1.807, 2.05) is 47.8 Å². The van der Waals surface area contributed by atoms with Gasteiger partial charge in [0.25, 0.3) is 0 Å². The quantitative estimate of drug-likeness (QED) is 0.711. The molecule has 0 saturated carbocycles. The first kappa shape index (κ1) is 17.3. The minimum Gasteiger partial charge on any atom is -0.342 e. The maximum absolute atomic E-state index is 12.6. The van der Waals surface area contributed by atoms with Gasteiger partial charge in [0.1, 0.15) is 11.5 Å². The van der Waals surface area contributed by atoms with Crippen molar-refractivity contribution in [2.75, 3.05) is 13.1 Å². The first-order valence-corrected chi connectivity index (χ1v) is 9.10. The molecule has 27 heavy (non-hydrogen) atoms. The molecule has 7 heteroatoms. The van der Waals surface area contributed by atoms with Gasteiger partial charge in [0.15, 0.2) is 5.82 Å². The monoisotopic (exact) mass is 362 g/mol. The molecule has 1 saturated heterocycles. The van der Waals surface area contributed by atoms with Gasteiger partial charge in [-0.05, 0) is 31.0 Å². The number of rotatable bonds is 4. The first-order chi connectivity index (χ1) is 13.1. The molecule has 1 atom stereocenters. The van der Waals surface area contributed by atoms with Crippen molar-refractivity contribution in [3.63, 3.8) is 0 Å². The Labute approximate surface area is 158 Å². The van der Waals surface area contributed by atoms with Crippen LogP contribution in [-0.4, -0.2) is 48.4 Å². The fraction of sp³-hybridized carbons (Fsp3) is 0.350. The van der Waals surface area contributed by atoms with Crippen LogP contribution in [0.25, 0.3) is 11.5 Å². The number of imidazole rings is 1. The van der Waals surface area contributed by atoms with Gasteiger partial charge in [-0.15, -0.1) is 0 Å². The van der Waals surface area contributed by atoms with Gasteiger partial charge in [-0.2, -0.15) is 0 Å². The molecule has 0 radical (unpaired) electrons. The van der Waals surface area contributed by atoms with Crippen molar-refractivity contribution in [2.24, 2.45) is 7.05 Å². The molecule has 0 aromatic carbocycles. The molecule has 4 rings (SSSR count). The van der Waals surface area contributed by atoms with Crippen molar-refractivity contribution in [1.82, 2.24) is 29.4 Å². The lowest BCUT2D eigenvalue weighted by Crippen LogP contribution is -2.30. The van der Waals surface area contributed by atoms with Crippen molar-refractivity contribution < 1.29 is 4.79 Å². The van der Waals surface area contributed by atoms with Crippen molar-refractivity contribution in [2.45, 2.75) is 25.7 Å². The predicted octanol–water partition coefficient (Wildman–Crippen LogP) is 2.14. The second-order valence-electron chi connectivity index (χ2n) is 6.98. The smallest absolute Gasteiger partial charge is 0.227 e. The fourth-order valence-corrected chi connectivity index (χ4v) is 3.49. The number of carbonyl (C=O) groups excluding carboxylic acids is 1. The molecule has 0 unspecified atom stereocenters. The lowest BCUT2D eigenvalue weighted by Gasteiger charge is -2.16. The highest BCUT2D eigenvalue weighted by Crippen LogP contribution is 2.27. The normalized spacial score (nSPS) is 16.7. The Morgan fingerprint density at radius 1 is 1.30 bits per heavy atom. The molecule has 3 aromatic heterocycles. The zero-order valence-corrected chi connectivity index (χ0v) is 15.5. The van der Waals surface area contributed by atoms with Crippen LogP contribution in [0.4, 0.5) is 0 Å². The molecule has 1 fully saturated rings. The Morgan fingerprint density at radius 2 is 2.19 bits per heavy atom. The third-order valence-electron chi connectivity index (χ3n) is 4.91. The number of hydrogen-bond donors (Lipinski definition) is 0. The Kier molecular flexibility index (Phi) is 4.66. The molecule has 1 amide bonds. The first-order valence-electron chi connectivity index (χ1n) is 9.10. The van der Waals surface area contributed by atoms with Crippen molar-refractivity contribution >= 4 is 5.91 Å². The van der Waals surface area contributed by atoms with Crippen LogP contribution in [0.1, 0.15) is 29.4 Å². The van der Waals surface area contributed by atoms with Crippen molar-refractivity contribution in [1.29, 1.82) is 0 Å². The van der Waals surface area contributed by atoms with Gasteiger partial charge in [0.2, 0.25) is 5.91 Å². The zero-order chi connectivity index (χ0) is 18.8. The average molecular weight is 362 g/mol. The molecule has 1 aliphatic rings. The van der Waals surface area contributed by atoms with Crippen molar-refractivity contribution in [3.05, 3.63) is 60.1 Å². The topological polar surface area (TPSA) is 76.8 Å². The summed E-state index contributed by atoms with van der Waals surface area (Å²) in [7, 11) is 1.95. The Morgan fingerprint density at radius 3 is 2.93 bits per heavy atom. The molecule has 3 aromatic rings. The molecule has 0 bridgehead atoms. The maximum Gasteiger partial charge on any atom is 0.227 e. The zero-order valence-electron chi connectivity index (χ0n) is 15.5. The highest BCUT2D eigenvalue weighted by molar-refractivity contribution is 5.79. The van der Waals surface area contributed by atoms with E-state index in [0.717, 1.165) is 41.6 Å². The highest BCUT2D eigenvalue weighted by Gasteiger charge is 2.29. The Hall–Kier alpha value is -3.09. The molecule has 4 heterocycles. The van der Waals surface area contributed by atoms with E-state index in [2.05, 4.69) is 15.0 Å². The minimum atomic E-state index is 0.127. The second-order valence-corrected chi connectivity index (χ2v) is 6.98. The molecule has 0 aliphatic carbocycles. The summed E-state index contributed by atoms with van der Waals surface area (Å²) in [5.41, 5.74) is 2.68. The van der Waals surface area contributed by atoms with E-state index in [0.29, 0.717) is 13.0 Å². The average Bonchev–Trinajstić information content (AvgIpc) is 3.31. The molecule has 0 N–H and O–H groups in total. The lowest BCUT2D eigenvalue weighted by molar-refractivity contribution is -0.129. The largest absolute Gasteiger partial charge is 0.342 e. The van der Waals surface area contributed by atoms with E-state index < -0.39 is 0 Å². The minimum absolute atomic E-state index is 0.127. The molecule has 1 aliphatic heterocycles. The van der Waals surface area contributed by atoms with E-state index >= 15 is 0 Å². The SMILES string of the molecule is Cc1cc(-c2nccn2C)nc([C@H]2CCN(C(=O)Cc3cccnc3)C2)n1. The molecule has 138 valence electrons. The summed E-state index contributed by atoms with van der Waals surface area (Å²) in [5, 5.41) is 0. The number of amides is 1. The van der Waals surface area contributed by atoms with Gasteiger partial charge >= 0.3 is 0 Å². The van der Waals surface area contributed by atoms with Gasteiger partial charge in [-0.1, -0.05) is 6.07 Å². The van der Waals surface area contributed by atoms with E-state index in [-0.39, 0.29) is 11.8 Å². The number of carbonyl (C=O) groups is 1. The number of aryl methyl sites for hydroxylation is 2. The number of pyridine rings is 1. The predicted molar refractivity (Wildman–Crippen MR) is 101 cm³/mol. The van der Waals surface area contributed by atoms with E-state index in [1.54, 1.807) is 18.6 Å². The molecular formula is C20H22N6O. The van der Waals surface area contributed by atoms with Crippen LogP contribution < -0.4 is 0 Å². The van der Waals surface area contributed by atoms with Crippen LogP contribution in [0.5, 0.6) is 0 Å². The van der Waals surface area contributed by atoms with Gasteiger partial charge in [-0.3, -0.25) is 9.78 Å². The van der Waals surface area contributed by atoms with Crippen LogP contribution in [0.2, 0.25) is 0 Å². The number of aromatic nitrogens is 5. The summed E-state index contributed by atoms with van der Waals surface area (Å²) in [6, 6.07) is 5.74. The van der Waals surface area contributed by atoms with Crippen LogP contribution in [0, 0.1) is 6.92 Å². The van der Waals surface area contributed by atoms with Gasteiger partial charge in [-0.25, -0.2) is 15.0 Å². The maximum atomic E-state index is 12.6. The summed E-state index contributed by atoms with van der Waals surface area (Å²) in [5.74, 6) is 1.90. The summed E-state index contributed by atoms with van der Waals surface area (Å²) in [4.78, 5) is 32.4. The number of likely N-dealkylation sites (tertiary alicyclic amines) is 1. The third-order valence-corrected chi connectivity index (χ3v) is 4.91. The van der Waals surface area contributed by atoms with Crippen molar-refractivity contribution in [3.8, 4) is 11.5 Å². The molecule has 0 spiro atoms. The highest BCUT2D eigenvalue weighted by atomic mass is 16.2. The van der Waals surface area contributed by atoms with Gasteiger partial charge in [0, 0.05) is 56.5 Å². The second kappa shape index (κ2) is 7.26. The Balaban J connectivity index is 1.50. The van der Waals surface area contributed by atoms with E-state index in [1.165, 1.54) is 0 Å². The Bertz CT molecular complexity index is 952. The van der Waals surface area contributed by atoms with Gasteiger partial charge in [0.05, 0.1) is 6.42 Å². The third kappa shape index (κ3) is 3.72. The summed E-state index contributed by atoms with van der Waals surface area (Å²) >= 11 is 0. The number of hydrogen-bond acceptors (Lipinski definition) is 5. The molecule has 7 nitrogen and oxygen atoms in total. The summed E-state index contributed by atoms with van der Waals surface area (Å²) < 4.78 is 1.95. The summed E-state index contributed by atoms with van der Waals surface area (Å²) in [6.45, 7) is 3.36. The number of nitrogens with zero attached hydrogens (tertiary/aromatic N) is 6. The van der Waals surface area contributed by atoms with Gasteiger partial charge < -0.3 is 9.47 Å². The standard InChI is InChI=1S/C20H22N6O/c1-14-10-17(20-22-7-9-25(20)2)24-19(23-14)16-5-8-26(13-16)18(27)11-15-4-3-6-21-12-15/h3-4,6-7,9-10,12,16H,5,8,11,13H2,1-2H3/t16-/m0/s1. The van der Waals surface area contributed by atoms with Crippen LogP contribution >= 0.6 is 0 Å². The van der Waals surface area contributed by atoms with Crippen LogP contribution in [-0.2, 0) is 18.3 Å². The summed E-state index contributed by atoms with van der Waals surface area (Å²) in [6.07, 6.45) is 8.39.